The molecule has 1 amide bonds. The number of piperidine rings is 1. The van der Waals surface area contributed by atoms with Crippen LogP contribution in [0.3, 0.4) is 0 Å². The first-order valence-corrected chi connectivity index (χ1v) is 10.4. The first kappa shape index (κ1) is 22.0. The zero-order chi connectivity index (χ0) is 20.2. The first-order valence-electron chi connectivity index (χ1n) is 10.4. The number of ether oxygens (including phenoxy) is 1. The minimum atomic E-state index is -0.188. The maximum absolute atomic E-state index is 12.4. The number of carbonyl (C=O) groups excluding carboxylic acids is 2. The highest BCUT2D eigenvalue weighted by atomic mass is 16.5. The first-order chi connectivity index (χ1) is 13.6. The van der Waals surface area contributed by atoms with E-state index in [4.69, 9.17) is 0 Å². The predicted molar refractivity (Wildman–Crippen MR) is 110 cm³/mol. The van der Waals surface area contributed by atoms with Crippen LogP contribution in [0.15, 0.2) is 42.2 Å². The van der Waals surface area contributed by atoms with Crippen LogP contribution < -0.4 is 0 Å². The highest BCUT2D eigenvalue weighted by Gasteiger charge is 2.30. The van der Waals surface area contributed by atoms with Crippen LogP contribution in [-0.4, -0.2) is 41.6 Å². The van der Waals surface area contributed by atoms with Crippen LogP contribution in [0.1, 0.15) is 63.4 Å². The molecule has 1 aliphatic heterocycles. The molecule has 1 saturated heterocycles. The third-order valence-corrected chi connectivity index (χ3v) is 5.29. The third-order valence-electron chi connectivity index (χ3n) is 5.29. The number of hydrogen-bond donors (Lipinski definition) is 1. The summed E-state index contributed by atoms with van der Waals surface area (Å²) < 4.78 is 4.64. The van der Waals surface area contributed by atoms with Crippen molar-refractivity contribution in [2.24, 2.45) is 0 Å². The van der Waals surface area contributed by atoms with E-state index in [0.717, 1.165) is 51.4 Å². The smallest absolute Gasteiger partial charge is 0.305 e. The Morgan fingerprint density at radius 2 is 1.96 bits per heavy atom. The molecule has 1 fully saturated rings. The van der Waals surface area contributed by atoms with Gasteiger partial charge in [0, 0.05) is 19.4 Å². The Labute approximate surface area is 168 Å². The van der Waals surface area contributed by atoms with Crippen LogP contribution >= 0.6 is 0 Å². The van der Waals surface area contributed by atoms with Crippen molar-refractivity contribution in [2.75, 3.05) is 13.7 Å². The van der Waals surface area contributed by atoms with Crippen molar-refractivity contribution in [3.63, 3.8) is 0 Å². The van der Waals surface area contributed by atoms with Gasteiger partial charge in [0.25, 0.3) is 0 Å². The molecule has 1 aliphatic rings. The zero-order valence-corrected chi connectivity index (χ0v) is 16.9. The number of esters is 1. The van der Waals surface area contributed by atoms with E-state index in [0.29, 0.717) is 25.1 Å². The van der Waals surface area contributed by atoms with Gasteiger partial charge in [-0.05, 0) is 50.2 Å². The van der Waals surface area contributed by atoms with Crippen LogP contribution in [0.25, 0.3) is 0 Å². The predicted octanol–water partition coefficient (Wildman–Crippen LogP) is 4.57. The van der Waals surface area contributed by atoms with Crippen molar-refractivity contribution in [1.29, 1.82) is 0 Å². The van der Waals surface area contributed by atoms with Crippen molar-refractivity contribution < 1.29 is 19.4 Å². The minimum Gasteiger partial charge on any atom is -0.510 e. The molecule has 0 aromatic heterocycles. The van der Waals surface area contributed by atoms with Gasteiger partial charge in [0.2, 0.25) is 5.91 Å². The lowest BCUT2D eigenvalue weighted by Crippen LogP contribution is -2.45. The summed E-state index contributed by atoms with van der Waals surface area (Å²) in [4.78, 5) is 25.3. The highest BCUT2D eigenvalue weighted by molar-refractivity contribution is 5.77. The molecule has 1 atom stereocenters. The Kier molecular flexibility index (Phi) is 9.60. The SMILES string of the molecule is COC(=O)CCCCCCN1C(=O)CCCC1C(O)=CCCc1ccccc1. The molecule has 1 aromatic rings. The Bertz CT molecular complexity index is 641. The van der Waals surface area contributed by atoms with Gasteiger partial charge in [-0.15, -0.1) is 0 Å². The number of benzene rings is 1. The van der Waals surface area contributed by atoms with Gasteiger partial charge in [-0.25, -0.2) is 0 Å². The summed E-state index contributed by atoms with van der Waals surface area (Å²) in [5, 5.41) is 10.6. The monoisotopic (exact) mass is 387 g/mol. The van der Waals surface area contributed by atoms with Crippen molar-refractivity contribution in [3.8, 4) is 0 Å². The maximum atomic E-state index is 12.4. The van der Waals surface area contributed by atoms with Crippen LogP contribution in [0.4, 0.5) is 0 Å². The molecule has 5 nitrogen and oxygen atoms in total. The number of nitrogens with zero attached hydrogens (tertiary/aromatic N) is 1. The average Bonchev–Trinajstić information content (AvgIpc) is 2.71. The van der Waals surface area contributed by atoms with E-state index in [1.165, 1.54) is 12.7 Å². The van der Waals surface area contributed by atoms with Gasteiger partial charge in [0.05, 0.1) is 13.2 Å². The largest absolute Gasteiger partial charge is 0.510 e. The molecule has 154 valence electrons. The van der Waals surface area contributed by atoms with Crippen LogP contribution in [0.5, 0.6) is 0 Å². The number of amides is 1. The van der Waals surface area contributed by atoms with E-state index in [1.807, 2.05) is 29.2 Å². The van der Waals surface area contributed by atoms with Gasteiger partial charge in [0.15, 0.2) is 0 Å². The summed E-state index contributed by atoms with van der Waals surface area (Å²) in [6.45, 7) is 0.665. The fourth-order valence-corrected chi connectivity index (χ4v) is 3.68. The van der Waals surface area contributed by atoms with Gasteiger partial charge in [-0.2, -0.15) is 0 Å². The molecule has 0 radical (unpaired) electrons. The number of aliphatic hydroxyl groups is 1. The third kappa shape index (κ3) is 7.37. The van der Waals surface area contributed by atoms with E-state index in [1.54, 1.807) is 0 Å². The number of allylic oxidation sites excluding steroid dienone is 1. The van der Waals surface area contributed by atoms with Crippen molar-refractivity contribution in [2.45, 2.75) is 70.3 Å². The molecule has 1 unspecified atom stereocenters. The summed E-state index contributed by atoms with van der Waals surface area (Å²) >= 11 is 0. The van der Waals surface area contributed by atoms with Crippen LogP contribution in [0.2, 0.25) is 0 Å². The van der Waals surface area contributed by atoms with Crippen molar-refractivity contribution in [3.05, 3.63) is 47.7 Å². The molecule has 0 saturated carbocycles. The molecule has 5 heteroatoms. The Morgan fingerprint density at radius 3 is 2.71 bits per heavy atom. The topological polar surface area (TPSA) is 66.8 Å². The van der Waals surface area contributed by atoms with E-state index in [2.05, 4.69) is 16.9 Å². The standard InChI is InChI=1S/C23H33NO4/c1-28-23(27)17-7-2-3-8-18-24-20(14-10-16-22(24)26)21(25)15-9-13-19-11-5-4-6-12-19/h4-6,11-12,15,20,25H,2-3,7-10,13-14,16-18H2,1H3. The van der Waals surface area contributed by atoms with Gasteiger partial charge in [0.1, 0.15) is 5.76 Å². The van der Waals surface area contributed by atoms with Gasteiger partial charge in [-0.3, -0.25) is 9.59 Å². The second-order valence-electron chi connectivity index (χ2n) is 7.39. The molecular weight excluding hydrogens is 354 g/mol. The average molecular weight is 388 g/mol. The molecule has 0 aliphatic carbocycles. The number of rotatable bonds is 11. The molecule has 0 bridgehead atoms. The van der Waals surface area contributed by atoms with Crippen molar-refractivity contribution >= 4 is 11.9 Å². The summed E-state index contributed by atoms with van der Waals surface area (Å²) in [5.74, 6) is 0.292. The maximum Gasteiger partial charge on any atom is 0.305 e. The van der Waals surface area contributed by atoms with Crippen LogP contribution in [-0.2, 0) is 20.7 Å². The molecule has 2 rings (SSSR count). The fourth-order valence-electron chi connectivity index (χ4n) is 3.68. The number of aryl methyl sites for hydroxylation is 1. The number of likely N-dealkylation sites (tertiary alicyclic amines) is 1. The lowest BCUT2D eigenvalue weighted by atomic mass is 9.98. The van der Waals surface area contributed by atoms with E-state index >= 15 is 0 Å². The Balaban J connectivity index is 1.78. The fraction of sp³-hybridized carbons (Fsp3) is 0.565. The number of unbranched alkanes of at least 4 members (excludes halogenated alkanes) is 3. The molecular formula is C23H33NO4. The minimum absolute atomic E-state index is 0.133. The lowest BCUT2D eigenvalue weighted by Gasteiger charge is -2.35. The van der Waals surface area contributed by atoms with E-state index in [-0.39, 0.29) is 17.9 Å². The Hall–Kier alpha value is -2.30. The number of hydrogen-bond acceptors (Lipinski definition) is 4. The summed E-state index contributed by atoms with van der Waals surface area (Å²) in [6.07, 6.45) is 9.80. The molecule has 1 aromatic carbocycles. The number of methoxy groups -OCH3 is 1. The zero-order valence-electron chi connectivity index (χ0n) is 16.9. The van der Waals surface area contributed by atoms with Gasteiger partial charge in [-0.1, -0.05) is 43.2 Å². The molecule has 1 heterocycles. The highest BCUT2D eigenvalue weighted by Crippen LogP contribution is 2.24. The Morgan fingerprint density at radius 1 is 1.21 bits per heavy atom. The molecule has 28 heavy (non-hydrogen) atoms. The van der Waals surface area contributed by atoms with Crippen LogP contribution in [0, 0.1) is 0 Å². The quantitative estimate of drug-likeness (QED) is 0.343. The summed E-state index contributed by atoms with van der Waals surface area (Å²) in [7, 11) is 1.41. The second-order valence-corrected chi connectivity index (χ2v) is 7.39. The summed E-state index contributed by atoms with van der Waals surface area (Å²) in [6, 6.07) is 10.0. The normalized spacial score (nSPS) is 17.6. The van der Waals surface area contributed by atoms with E-state index in [9.17, 15) is 14.7 Å². The van der Waals surface area contributed by atoms with Crippen molar-refractivity contribution in [1.82, 2.24) is 4.90 Å². The molecule has 0 spiro atoms. The molecule has 1 N–H and O–H groups in total. The van der Waals surface area contributed by atoms with Gasteiger partial charge >= 0.3 is 5.97 Å². The number of aliphatic hydroxyl groups excluding tert-OH is 1. The number of carbonyl (C=O) groups is 2. The second kappa shape index (κ2) is 12.2. The lowest BCUT2D eigenvalue weighted by molar-refractivity contribution is -0.140. The van der Waals surface area contributed by atoms with E-state index < -0.39 is 0 Å². The van der Waals surface area contributed by atoms with Gasteiger partial charge < -0.3 is 14.7 Å². The summed E-state index contributed by atoms with van der Waals surface area (Å²) in [5.41, 5.74) is 1.25.